The Labute approximate surface area is 62.0 Å². The largest absolute Gasteiger partial charge is 0.311 e. The second kappa shape index (κ2) is 2.70. The lowest BCUT2D eigenvalue weighted by Gasteiger charge is -2.11. The van der Waals surface area contributed by atoms with Gasteiger partial charge in [-0.05, 0) is 19.8 Å². The van der Waals surface area contributed by atoms with E-state index >= 15 is 0 Å². The van der Waals surface area contributed by atoms with Crippen LogP contribution >= 0.6 is 0 Å². The zero-order chi connectivity index (χ0) is 7.72. The van der Waals surface area contributed by atoms with E-state index in [0.717, 1.165) is 6.29 Å². The smallest absolute Gasteiger partial charge is 0.124 e. The molecule has 1 heterocycles. The second-order valence-corrected chi connectivity index (χ2v) is 3.32. The van der Waals surface area contributed by atoms with Gasteiger partial charge < -0.3 is 10.1 Å². The third-order valence-corrected chi connectivity index (χ3v) is 2.66. The quantitative estimate of drug-likeness (QED) is 0.548. The SMILES string of the molecule is CC1NC(C)C(C=O)C1C. The first kappa shape index (κ1) is 7.73. The topological polar surface area (TPSA) is 29.1 Å². The average Bonchev–Trinajstić information content (AvgIpc) is 2.09. The van der Waals surface area contributed by atoms with Gasteiger partial charge in [0.1, 0.15) is 6.29 Å². The van der Waals surface area contributed by atoms with Crippen molar-refractivity contribution in [1.29, 1.82) is 0 Å². The number of carbonyl (C=O) groups excluding carboxylic acids is 1. The van der Waals surface area contributed by atoms with E-state index in [4.69, 9.17) is 0 Å². The summed E-state index contributed by atoms with van der Waals surface area (Å²) in [6.45, 7) is 6.32. The fourth-order valence-electron chi connectivity index (χ4n) is 1.71. The van der Waals surface area contributed by atoms with Crippen molar-refractivity contribution in [3.05, 3.63) is 0 Å². The summed E-state index contributed by atoms with van der Waals surface area (Å²) in [7, 11) is 0. The van der Waals surface area contributed by atoms with Crippen LogP contribution in [-0.4, -0.2) is 18.4 Å². The standard InChI is InChI=1S/C8H15NO/c1-5-6(2)9-7(3)8(5)4-10/h4-9H,1-3H3. The Bertz CT molecular complexity index is 135. The van der Waals surface area contributed by atoms with E-state index < -0.39 is 0 Å². The van der Waals surface area contributed by atoms with Crippen molar-refractivity contribution in [1.82, 2.24) is 5.32 Å². The van der Waals surface area contributed by atoms with Gasteiger partial charge in [-0.15, -0.1) is 0 Å². The molecule has 2 nitrogen and oxygen atoms in total. The predicted molar refractivity (Wildman–Crippen MR) is 40.8 cm³/mol. The Hall–Kier alpha value is -0.370. The van der Waals surface area contributed by atoms with Gasteiger partial charge in [-0.1, -0.05) is 6.92 Å². The van der Waals surface area contributed by atoms with Crippen molar-refractivity contribution in [2.24, 2.45) is 11.8 Å². The number of hydrogen-bond donors (Lipinski definition) is 1. The predicted octanol–water partition coefficient (Wildman–Crippen LogP) is 0.818. The van der Waals surface area contributed by atoms with Crippen LogP contribution < -0.4 is 5.32 Å². The Morgan fingerprint density at radius 2 is 1.80 bits per heavy atom. The summed E-state index contributed by atoms with van der Waals surface area (Å²) in [5.41, 5.74) is 0. The van der Waals surface area contributed by atoms with E-state index in [2.05, 4.69) is 26.1 Å². The molecular weight excluding hydrogens is 126 g/mol. The lowest BCUT2D eigenvalue weighted by Crippen LogP contribution is -2.27. The highest BCUT2D eigenvalue weighted by Gasteiger charge is 2.34. The Morgan fingerprint density at radius 3 is 2.00 bits per heavy atom. The summed E-state index contributed by atoms with van der Waals surface area (Å²) in [5, 5.41) is 3.34. The monoisotopic (exact) mass is 141 g/mol. The third-order valence-electron chi connectivity index (χ3n) is 2.66. The zero-order valence-electron chi connectivity index (χ0n) is 6.79. The van der Waals surface area contributed by atoms with Gasteiger partial charge >= 0.3 is 0 Å². The van der Waals surface area contributed by atoms with Crippen LogP contribution in [0.4, 0.5) is 0 Å². The van der Waals surface area contributed by atoms with Crippen molar-refractivity contribution in [3.63, 3.8) is 0 Å². The number of carbonyl (C=O) groups is 1. The molecule has 0 aromatic carbocycles. The molecule has 1 rings (SSSR count). The summed E-state index contributed by atoms with van der Waals surface area (Å²) >= 11 is 0. The van der Waals surface area contributed by atoms with E-state index in [1.54, 1.807) is 0 Å². The Balaban J connectivity index is 2.63. The molecule has 4 unspecified atom stereocenters. The first-order valence-electron chi connectivity index (χ1n) is 3.88. The molecule has 1 saturated heterocycles. The molecule has 1 N–H and O–H groups in total. The van der Waals surface area contributed by atoms with E-state index in [9.17, 15) is 4.79 Å². The van der Waals surface area contributed by atoms with E-state index in [-0.39, 0.29) is 5.92 Å². The molecule has 1 aliphatic heterocycles. The van der Waals surface area contributed by atoms with Crippen molar-refractivity contribution < 1.29 is 4.79 Å². The van der Waals surface area contributed by atoms with Gasteiger partial charge in [0, 0.05) is 18.0 Å². The molecule has 1 fully saturated rings. The maximum atomic E-state index is 10.5. The summed E-state index contributed by atoms with van der Waals surface area (Å²) in [6.07, 6.45) is 1.08. The summed E-state index contributed by atoms with van der Waals surface area (Å²) in [4.78, 5) is 10.5. The number of aldehydes is 1. The van der Waals surface area contributed by atoms with Crippen molar-refractivity contribution in [2.45, 2.75) is 32.9 Å². The Kier molecular flexibility index (Phi) is 2.09. The molecule has 2 heteroatoms. The van der Waals surface area contributed by atoms with Gasteiger partial charge in [0.2, 0.25) is 0 Å². The van der Waals surface area contributed by atoms with Crippen molar-refractivity contribution in [3.8, 4) is 0 Å². The van der Waals surface area contributed by atoms with Gasteiger partial charge in [0.05, 0.1) is 0 Å². The summed E-state index contributed by atoms with van der Waals surface area (Å²) < 4.78 is 0. The normalized spacial score (nSPS) is 47.5. The fraction of sp³-hybridized carbons (Fsp3) is 0.875. The molecule has 0 aromatic heterocycles. The molecule has 0 saturated carbocycles. The maximum absolute atomic E-state index is 10.5. The van der Waals surface area contributed by atoms with Gasteiger partial charge in [-0.25, -0.2) is 0 Å². The Morgan fingerprint density at radius 1 is 1.20 bits per heavy atom. The number of nitrogens with one attached hydrogen (secondary N) is 1. The van der Waals surface area contributed by atoms with Crippen molar-refractivity contribution >= 4 is 6.29 Å². The molecule has 1 aliphatic rings. The second-order valence-electron chi connectivity index (χ2n) is 3.32. The van der Waals surface area contributed by atoms with Crippen molar-refractivity contribution in [2.75, 3.05) is 0 Å². The highest BCUT2D eigenvalue weighted by molar-refractivity contribution is 5.56. The molecule has 58 valence electrons. The molecule has 0 aromatic rings. The average molecular weight is 141 g/mol. The molecular formula is C8H15NO. The van der Waals surface area contributed by atoms with Crippen LogP contribution in [0, 0.1) is 11.8 Å². The minimum atomic E-state index is 0.218. The number of rotatable bonds is 1. The zero-order valence-corrected chi connectivity index (χ0v) is 6.79. The van der Waals surface area contributed by atoms with E-state index in [1.807, 2.05) is 0 Å². The highest BCUT2D eigenvalue weighted by atomic mass is 16.1. The first-order chi connectivity index (χ1) is 4.66. The maximum Gasteiger partial charge on any atom is 0.124 e. The molecule has 0 amide bonds. The molecule has 10 heavy (non-hydrogen) atoms. The molecule has 0 spiro atoms. The summed E-state index contributed by atoms with van der Waals surface area (Å²) in [6, 6.07) is 0.854. The van der Waals surface area contributed by atoms with Gasteiger partial charge in [0.25, 0.3) is 0 Å². The van der Waals surface area contributed by atoms with Gasteiger partial charge in [0.15, 0.2) is 0 Å². The minimum absolute atomic E-state index is 0.218. The number of hydrogen-bond acceptors (Lipinski definition) is 2. The van der Waals surface area contributed by atoms with Gasteiger partial charge in [-0.3, -0.25) is 0 Å². The first-order valence-corrected chi connectivity index (χ1v) is 3.88. The fourth-order valence-corrected chi connectivity index (χ4v) is 1.71. The van der Waals surface area contributed by atoms with Crippen LogP contribution in [0.2, 0.25) is 0 Å². The lowest BCUT2D eigenvalue weighted by atomic mass is 9.91. The molecule has 0 bridgehead atoms. The molecule has 0 aliphatic carbocycles. The van der Waals surface area contributed by atoms with Crippen LogP contribution in [-0.2, 0) is 4.79 Å². The van der Waals surface area contributed by atoms with E-state index in [1.165, 1.54) is 0 Å². The van der Waals surface area contributed by atoms with Crippen LogP contribution in [0.15, 0.2) is 0 Å². The molecule has 4 atom stereocenters. The van der Waals surface area contributed by atoms with E-state index in [0.29, 0.717) is 18.0 Å². The van der Waals surface area contributed by atoms with Crippen LogP contribution in [0.1, 0.15) is 20.8 Å². The van der Waals surface area contributed by atoms with Crippen LogP contribution in [0.3, 0.4) is 0 Å². The third kappa shape index (κ3) is 1.08. The minimum Gasteiger partial charge on any atom is -0.311 e. The highest BCUT2D eigenvalue weighted by Crippen LogP contribution is 2.24. The molecule has 0 radical (unpaired) electrons. The van der Waals surface area contributed by atoms with Crippen LogP contribution in [0.25, 0.3) is 0 Å². The summed E-state index contributed by atoms with van der Waals surface area (Å²) in [5.74, 6) is 0.711. The van der Waals surface area contributed by atoms with Gasteiger partial charge in [-0.2, -0.15) is 0 Å². The van der Waals surface area contributed by atoms with Crippen LogP contribution in [0.5, 0.6) is 0 Å². The lowest BCUT2D eigenvalue weighted by molar-refractivity contribution is -0.112.